The van der Waals surface area contributed by atoms with Crippen molar-refractivity contribution in [3.05, 3.63) is 0 Å². The molecule has 0 radical (unpaired) electrons. The van der Waals surface area contributed by atoms with E-state index < -0.39 is 0 Å². The first kappa shape index (κ1) is 27.4. The van der Waals surface area contributed by atoms with Gasteiger partial charge in [-0.15, -0.1) is 24.8 Å². The Morgan fingerprint density at radius 1 is 1.00 bits per heavy atom. The first-order valence-electron chi connectivity index (χ1n) is 9.75. The SMILES string of the molecule is CC(C)(C)NC(=O)CN1CCN(C(=O)CN2CCC(N)C(C)(C)C2)CC1.Cl.Cl. The van der Waals surface area contributed by atoms with Crippen LogP contribution in [0.1, 0.15) is 41.0 Å². The average Bonchev–Trinajstić information content (AvgIpc) is 2.49. The van der Waals surface area contributed by atoms with Crippen molar-refractivity contribution in [2.45, 2.75) is 52.6 Å². The van der Waals surface area contributed by atoms with E-state index in [0.29, 0.717) is 26.2 Å². The molecular formula is C19H39Cl2N5O2. The Morgan fingerprint density at radius 3 is 2.07 bits per heavy atom. The van der Waals surface area contributed by atoms with Gasteiger partial charge < -0.3 is 16.0 Å². The predicted octanol–water partition coefficient (Wildman–Crippen LogP) is 0.948. The summed E-state index contributed by atoms with van der Waals surface area (Å²) in [4.78, 5) is 31.0. The van der Waals surface area contributed by atoms with Crippen LogP contribution in [0, 0.1) is 5.41 Å². The van der Waals surface area contributed by atoms with Crippen LogP contribution < -0.4 is 11.1 Å². The first-order chi connectivity index (χ1) is 12.0. The third kappa shape index (κ3) is 8.41. The minimum atomic E-state index is -0.209. The summed E-state index contributed by atoms with van der Waals surface area (Å²) in [5.74, 6) is 0.235. The molecule has 0 aliphatic carbocycles. The van der Waals surface area contributed by atoms with Gasteiger partial charge in [0.1, 0.15) is 0 Å². The molecule has 0 spiro atoms. The average molecular weight is 440 g/mol. The van der Waals surface area contributed by atoms with Crippen LogP contribution in [0.5, 0.6) is 0 Å². The van der Waals surface area contributed by atoms with Crippen LogP contribution in [0.15, 0.2) is 0 Å². The third-order valence-electron chi connectivity index (χ3n) is 5.36. The van der Waals surface area contributed by atoms with Crippen molar-refractivity contribution in [2.24, 2.45) is 11.1 Å². The summed E-state index contributed by atoms with van der Waals surface area (Å²) >= 11 is 0. The molecule has 2 rings (SSSR count). The van der Waals surface area contributed by atoms with Gasteiger partial charge in [-0.2, -0.15) is 0 Å². The smallest absolute Gasteiger partial charge is 0.236 e. The number of nitrogens with one attached hydrogen (secondary N) is 1. The number of nitrogens with zero attached hydrogens (tertiary/aromatic N) is 3. The summed E-state index contributed by atoms with van der Waals surface area (Å²) in [5.41, 5.74) is 6.03. The summed E-state index contributed by atoms with van der Waals surface area (Å²) in [5, 5.41) is 2.99. The number of piperazine rings is 1. The standard InChI is InChI=1S/C19H37N5O2.2ClH/c1-18(2,3)21-16(25)12-22-8-10-24(11-9-22)17(26)13-23-7-6-15(20)19(4,5)14-23;;/h15H,6-14,20H2,1-5H3,(H,21,25);2*1H. The van der Waals surface area contributed by atoms with E-state index in [0.717, 1.165) is 32.6 Å². The minimum absolute atomic E-state index is 0. The van der Waals surface area contributed by atoms with Crippen LogP contribution in [0.25, 0.3) is 0 Å². The normalized spacial score (nSPS) is 23.4. The number of carbonyl (C=O) groups excluding carboxylic acids is 2. The maximum atomic E-state index is 12.6. The van der Waals surface area contributed by atoms with Crippen LogP contribution in [-0.2, 0) is 9.59 Å². The first-order valence-corrected chi connectivity index (χ1v) is 9.75. The molecule has 3 N–H and O–H groups in total. The van der Waals surface area contributed by atoms with E-state index in [4.69, 9.17) is 5.73 Å². The Labute approximate surface area is 182 Å². The van der Waals surface area contributed by atoms with Crippen molar-refractivity contribution < 1.29 is 9.59 Å². The molecule has 0 aromatic carbocycles. The molecule has 0 aromatic heterocycles. The van der Waals surface area contributed by atoms with Crippen molar-refractivity contribution in [1.29, 1.82) is 0 Å². The fourth-order valence-corrected chi connectivity index (χ4v) is 3.73. The summed E-state index contributed by atoms with van der Waals surface area (Å²) in [7, 11) is 0. The number of likely N-dealkylation sites (tertiary alicyclic amines) is 1. The van der Waals surface area contributed by atoms with Crippen LogP contribution in [-0.4, -0.2) is 90.5 Å². The number of piperidine rings is 1. The summed E-state index contributed by atoms with van der Waals surface area (Å²) in [6.45, 7) is 15.8. The van der Waals surface area contributed by atoms with Crippen molar-refractivity contribution in [3.8, 4) is 0 Å². The number of rotatable bonds is 4. The molecule has 1 atom stereocenters. The molecule has 0 saturated carbocycles. The minimum Gasteiger partial charge on any atom is -0.350 e. The Kier molecular flexibility index (Phi) is 10.7. The second-order valence-electron chi connectivity index (χ2n) is 9.55. The van der Waals surface area contributed by atoms with Crippen molar-refractivity contribution in [3.63, 3.8) is 0 Å². The van der Waals surface area contributed by atoms with E-state index in [-0.39, 0.29) is 53.6 Å². The van der Waals surface area contributed by atoms with E-state index in [2.05, 4.69) is 29.0 Å². The lowest BCUT2D eigenvalue weighted by Crippen LogP contribution is -2.57. The molecule has 0 aromatic rings. The molecule has 28 heavy (non-hydrogen) atoms. The van der Waals surface area contributed by atoms with Crippen molar-refractivity contribution in [2.75, 3.05) is 52.4 Å². The van der Waals surface area contributed by atoms with Crippen LogP contribution in [0.4, 0.5) is 0 Å². The van der Waals surface area contributed by atoms with Gasteiger partial charge in [0.05, 0.1) is 13.1 Å². The molecule has 9 heteroatoms. The molecule has 2 aliphatic rings. The van der Waals surface area contributed by atoms with Gasteiger partial charge in [-0.3, -0.25) is 19.4 Å². The maximum Gasteiger partial charge on any atom is 0.236 e. The van der Waals surface area contributed by atoms with Gasteiger partial charge in [0, 0.05) is 50.8 Å². The second-order valence-corrected chi connectivity index (χ2v) is 9.55. The highest BCUT2D eigenvalue weighted by atomic mass is 35.5. The molecule has 166 valence electrons. The topological polar surface area (TPSA) is 81.9 Å². The number of hydrogen-bond donors (Lipinski definition) is 2. The Morgan fingerprint density at radius 2 is 1.57 bits per heavy atom. The molecule has 2 amide bonds. The van der Waals surface area contributed by atoms with E-state index in [9.17, 15) is 9.59 Å². The predicted molar refractivity (Wildman–Crippen MR) is 118 cm³/mol. The van der Waals surface area contributed by atoms with E-state index in [1.54, 1.807) is 0 Å². The highest BCUT2D eigenvalue weighted by Gasteiger charge is 2.34. The lowest BCUT2D eigenvalue weighted by Gasteiger charge is -2.43. The Balaban J connectivity index is 0.00000364. The Bertz CT molecular complexity index is 517. The van der Waals surface area contributed by atoms with Crippen molar-refractivity contribution in [1.82, 2.24) is 20.0 Å². The molecule has 1 unspecified atom stereocenters. The summed E-state index contributed by atoms with van der Waals surface area (Å²) in [6.07, 6.45) is 0.941. The monoisotopic (exact) mass is 439 g/mol. The molecule has 2 aliphatic heterocycles. The van der Waals surface area contributed by atoms with Crippen molar-refractivity contribution >= 4 is 36.6 Å². The largest absolute Gasteiger partial charge is 0.350 e. The zero-order valence-corrected chi connectivity index (χ0v) is 19.6. The number of nitrogens with two attached hydrogens (primary N) is 1. The van der Waals surface area contributed by atoms with E-state index in [1.165, 1.54) is 0 Å². The lowest BCUT2D eigenvalue weighted by atomic mass is 9.80. The van der Waals surface area contributed by atoms with Crippen LogP contribution >= 0.6 is 24.8 Å². The number of amides is 2. The number of hydrogen-bond acceptors (Lipinski definition) is 5. The van der Waals surface area contributed by atoms with Gasteiger partial charge in [0.25, 0.3) is 0 Å². The van der Waals surface area contributed by atoms with E-state index >= 15 is 0 Å². The molecule has 2 fully saturated rings. The van der Waals surface area contributed by atoms with Crippen LogP contribution in [0.3, 0.4) is 0 Å². The third-order valence-corrected chi connectivity index (χ3v) is 5.36. The van der Waals surface area contributed by atoms with Gasteiger partial charge in [0.15, 0.2) is 0 Å². The second kappa shape index (κ2) is 11.0. The van der Waals surface area contributed by atoms with Crippen LogP contribution in [0.2, 0.25) is 0 Å². The Hall–Kier alpha value is -0.600. The number of halogens is 2. The zero-order valence-electron chi connectivity index (χ0n) is 18.0. The maximum absolute atomic E-state index is 12.6. The van der Waals surface area contributed by atoms with Gasteiger partial charge in [-0.05, 0) is 32.6 Å². The molecule has 2 heterocycles. The quantitative estimate of drug-likeness (QED) is 0.681. The van der Waals surface area contributed by atoms with Gasteiger partial charge in [-0.25, -0.2) is 0 Å². The fraction of sp³-hybridized carbons (Fsp3) is 0.895. The number of carbonyl (C=O) groups is 2. The van der Waals surface area contributed by atoms with Gasteiger partial charge >= 0.3 is 0 Å². The van der Waals surface area contributed by atoms with Gasteiger partial charge in [0.2, 0.25) is 11.8 Å². The molecular weight excluding hydrogens is 401 g/mol. The fourth-order valence-electron chi connectivity index (χ4n) is 3.73. The summed E-state index contributed by atoms with van der Waals surface area (Å²) in [6, 6.07) is 0.205. The molecule has 0 bridgehead atoms. The zero-order chi connectivity index (χ0) is 19.5. The molecule has 2 saturated heterocycles. The highest BCUT2D eigenvalue weighted by Crippen LogP contribution is 2.27. The van der Waals surface area contributed by atoms with Gasteiger partial charge in [-0.1, -0.05) is 13.8 Å². The highest BCUT2D eigenvalue weighted by molar-refractivity contribution is 5.85. The van der Waals surface area contributed by atoms with E-state index in [1.807, 2.05) is 25.7 Å². The summed E-state index contributed by atoms with van der Waals surface area (Å²) < 4.78 is 0. The lowest BCUT2D eigenvalue weighted by molar-refractivity contribution is -0.135. The molecule has 7 nitrogen and oxygen atoms in total.